The van der Waals surface area contributed by atoms with Gasteiger partial charge >= 0.3 is 6.18 Å². The zero-order chi connectivity index (χ0) is 18.3. The highest BCUT2D eigenvalue weighted by Crippen LogP contribution is 2.32. The number of benzene rings is 2. The van der Waals surface area contributed by atoms with Gasteiger partial charge in [-0.15, -0.1) is 0 Å². The van der Waals surface area contributed by atoms with Crippen LogP contribution in [0.15, 0.2) is 48.5 Å². The zero-order valence-corrected chi connectivity index (χ0v) is 13.9. The topological polar surface area (TPSA) is 44.9 Å². The summed E-state index contributed by atoms with van der Waals surface area (Å²) in [6.45, 7) is 0. The fourth-order valence-corrected chi connectivity index (χ4v) is 3.70. The second kappa shape index (κ2) is 6.20. The van der Waals surface area contributed by atoms with E-state index in [0.717, 1.165) is 23.7 Å². The van der Waals surface area contributed by atoms with E-state index in [1.807, 2.05) is 18.2 Å². The monoisotopic (exact) mass is 358 g/mol. The van der Waals surface area contributed by atoms with Crippen LogP contribution in [0.3, 0.4) is 0 Å². The van der Waals surface area contributed by atoms with Crippen LogP contribution in [0.1, 0.15) is 33.6 Å². The number of para-hydroxylation sites is 1. The molecule has 3 nitrogen and oxygen atoms in total. The van der Waals surface area contributed by atoms with E-state index in [1.54, 1.807) is 0 Å². The third kappa shape index (κ3) is 2.96. The Bertz CT molecular complexity index is 975. The molecule has 1 aliphatic rings. The molecule has 4 rings (SSSR count). The summed E-state index contributed by atoms with van der Waals surface area (Å²) >= 11 is 0. The summed E-state index contributed by atoms with van der Waals surface area (Å²) in [4.78, 5) is 15.8. The van der Waals surface area contributed by atoms with Gasteiger partial charge in [-0.3, -0.25) is 4.79 Å². The first kappa shape index (κ1) is 16.7. The number of alkyl halides is 3. The van der Waals surface area contributed by atoms with Gasteiger partial charge in [0.05, 0.1) is 11.1 Å². The molecule has 0 saturated heterocycles. The standard InChI is InChI=1S/C20H17F3N2O/c21-20(22,23)16-7-3-1-6-15(16)19(26)24-12-9-10-14-13-5-2-4-8-17(13)25-18(14)11-12/h1-8,12,25H,9-11H2,(H,24,26). The lowest BCUT2D eigenvalue weighted by Crippen LogP contribution is -2.39. The normalized spacial score (nSPS) is 17.1. The summed E-state index contributed by atoms with van der Waals surface area (Å²) in [6, 6.07) is 12.7. The van der Waals surface area contributed by atoms with Gasteiger partial charge in [-0.2, -0.15) is 13.2 Å². The van der Waals surface area contributed by atoms with Crippen LogP contribution in [0.25, 0.3) is 10.9 Å². The van der Waals surface area contributed by atoms with Gasteiger partial charge in [0.2, 0.25) is 0 Å². The Morgan fingerprint density at radius 3 is 2.62 bits per heavy atom. The Kier molecular flexibility index (Phi) is 3.98. The largest absolute Gasteiger partial charge is 0.417 e. The Balaban J connectivity index is 1.55. The smallest absolute Gasteiger partial charge is 0.358 e. The minimum absolute atomic E-state index is 0.190. The lowest BCUT2D eigenvalue weighted by atomic mass is 9.91. The summed E-state index contributed by atoms with van der Waals surface area (Å²) in [5.74, 6) is -0.678. The minimum Gasteiger partial charge on any atom is -0.358 e. The van der Waals surface area contributed by atoms with E-state index in [9.17, 15) is 18.0 Å². The van der Waals surface area contributed by atoms with Crippen LogP contribution < -0.4 is 5.32 Å². The van der Waals surface area contributed by atoms with Gasteiger partial charge in [-0.25, -0.2) is 0 Å². The van der Waals surface area contributed by atoms with Crippen LogP contribution in [-0.4, -0.2) is 16.9 Å². The van der Waals surface area contributed by atoms with Crippen molar-refractivity contribution in [1.82, 2.24) is 10.3 Å². The summed E-state index contributed by atoms with van der Waals surface area (Å²) in [6.07, 6.45) is -2.48. The summed E-state index contributed by atoms with van der Waals surface area (Å²) < 4.78 is 39.4. The molecule has 0 saturated carbocycles. The van der Waals surface area contributed by atoms with Crippen molar-refractivity contribution in [3.8, 4) is 0 Å². The van der Waals surface area contributed by atoms with Gasteiger partial charge in [0, 0.05) is 29.1 Å². The molecule has 0 aliphatic heterocycles. The number of H-pyrrole nitrogens is 1. The number of halogens is 3. The average Bonchev–Trinajstić information content (AvgIpc) is 2.98. The van der Waals surface area contributed by atoms with Gasteiger partial charge in [0.25, 0.3) is 5.91 Å². The number of hydrogen-bond acceptors (Lipinski definition) is 1. The number of amides is 1. The zero-order valence-electron chi connectivity index (χ0n) is 13.9. The van der Waals surface area contributed by atoms with Crippen molar-refractivity contribution < 1.29 is 18.0 Å². The van der Waals surface area contributed by atoms with Crippen LogP contribution in [0.2, 0.25) is 0 Å². The highest BCUT2D eigenvalue weighted by atomic mass is 19.4. The Hall–Kier alpha value is -2.76. The molecule has 6 heteroatoms. The second-order valence-electron chi connectivity index (χ2n) is 6.58. The summed E-state index contributed by atoms with van der Waals surface area (Å²) in [5, 5.41) is 3.95. The second-order valence-corrected chi connectivity index (χ2v) is 6.58. The average molecular weight is 358 g/mol. The van der Waals surface area contributed by atoms with E-state index in [-0.39, 0.29) is 11.6 Å². The van der Waals surface area contributed by atoms with Crippen molar-refractivity contribution in [2.45, 2.75) is 31.5 Å². The maximum Gasteiger partial charge on any atom is 0.417 e. The number of aromatic nitrogens is 1. The molecular formula is C20H17F3N2O. The third-order valence-electron chi connectivity index (χ3n) is 4.91. The number of hydrogen-bond donors (Lipinski definition) is 2. The van der Waals surface area contributed by atoms with Crippen molar-refractivity contribution in [2.24, 2.45) is 0 Å². The Labute approximate surface area is 148 Å². The molecule has 0 fully saturated rings. The first-order chi connectivity index (χ1) is 12.4. The van der Waals surface area contributed by atoms with Gasteiger partial charge < -0.3 is 10.3 Å². The Morgan fingerprint density at radius 1 is 1.08 bits per heavy atom. The fourth-order valence-electron chi connectivity index (χ4n) is 3.70. The number of nitrogens with one attached hydrogen (secondary N) is 2. The quantitative estimate of drug-likeness (QED) is 0.697. The summed E-state index contributed by atoms with van der Waals surface area (Å²) in [7, 11) is 0. The number of aromatic amines is 1. The van der Waals surface area contributed by atoms with Crippen LogP contribution in [0.5, 0.6) is 0 Å². The van der Waals surface area contributed by atoms with Gasteiger partial charge in [-0.1, -0.05) is 30.3 Å². The van der Waals surface area contributed by atoms with Crippen LogP contribution in [0, 0.1) is 0 Å². The molecule has 1 amide bonds. The van der Waals surface area contributed by atoms with E-state index in [4.69, 9.17) is 0 Å². The van der Waals surface area contributed by atoms with Crippen LogP contribution in [-0.2, 0) is 19.0 Å². The van der Waals surface area contributed by atoms with Crippen molar-refractivity contribution in [3.63, 3.8) is 0 Å². The lowest BCUT2D eigenvalue weighted by molar-refractivity contribution is -0.137. The SMILES string of the molecule is O=C(NC1CCc2c([nH]c3ccccc23)C1)c1ccccc1C(F)(F)F. The fraction of sp³-hybridized carbons (Fsp3) is 0.250. The van der Waals surface area contributed by atoms with Crippen LogP contribution in [0.4, 0.5) is 13.2 Å². The molecule has 3 aromatic rings. The minimum atomic E-state index is -4.55. The number of carbonyl (C=O) groups is 1. The molecule has 2 aromatic carbocycles. The molecule has 0 radical (unpaired) electrons. The molecule has 1 atom stereocenters. The lowest BCUT2D eigenvalue weighted by Gasteiger charge is -2.24. The first-order valence-corrected chi connectivity index (χ1v) is 8.49. The highest BCUT2D eigenvalue weighted by Gasteiger charge is 2.35. The molecule has 1 unspecified atom stereocenters. The van der Waals surface area contributed by atoms with Gasteiger partial charge in [0.1, 0.15) is 0 Å². The highest BCUT2D eigenvalue weighted by molar-refractivity contribution is 5.96. The molecule has 134 valence electrons. The summed E-state index contributed by atoms with van der Waals surface area (Å²) in [5.41, 5.74) is 2.10. The third-order valence-corrected chi connectivity index (χ3v) is 4.91. The van der Waals surface area contributed by atoms with Gasteiger partial charge in [0.15, 0.2) is 0 Å². The maximum atomic E-state index is 13.1. The molecule has 0 spiro atoms. The molecule has 1 aliphatic carbocycles. The Morgan fingerprint density at radius 2 is 1.81 bits per heavy atom. The van der Waals surface area contributed by atoms with Gasteiger partial charge in [-0.05, 0) is 36.6 Å². The molecule has 26 heavy (non-hydrogen) atoms. The molecule has 0 bridgehead atoms. The number of aryl methyl sites for hydroxylation is 1. The van der Waals surface area contributed by atoms with Crippen molar-refractivity contribution >= 4 is 16.8 Å². The predicted molar refractivity (Wildman–Crippen MR) is 93.0 cm³/mol. The number of rotatable bonds is 2. The number of carbonyl (C=O) groups excluding carboxylic acids is 1. The van der Waals surface area contributed by atoms with E-state index >= 15 is 0 Å². The van der Waals surface area contributed by atoms with E-state index in [2.05, 4.69) is 16.4 Å². The van der Waals surface area contributed by atoms with Crippen LogP contribution >= 0.6 is 0 Å². The first-order valence-electron chi connectivity index (χ1n) is 8.49. The maximum absolute atomic E-state index is 13.1. The van der Waals surface area contributed by atoms with Crippen molar-refractivity contribution in [3.05, 3.63) is 70.9 Å². The van der Waals surface area contributed by atoms with Crippen molar-refractivity contribution in [1.29, 1.82) is 0 Å². The number of fused-ring (bicyclic) bond motifs is 3. The van der Waals surface area contributed by atoms with E-state index in [1.165, 1.54) is 29.1 Å². The molecule has 1 heterocycles. The molecular weight excluding hydrogens is 341 g/mol. The van der Waals surface area contributed by atoms with E-state index in [0.29, 0.717) is 12.8 Å². The molecule has 2 N–H and O–H groups in total. The predicted octanol–water partition coefficient (Wildman–Crippen LogP) is 4.47. The van der Waals surface area contributed by atoms with E-state index < -0.39 is 17.6 Å². The van der Waals surface area contributed by atoms with Crippen molar-refractivity contribution in [2.75, 3.05) is 0 Å². The molecule has 1 aromatic heterocycles.